The number of carbonyl (C=O) groups excluding carboxylic acids is 1. The minimum Gasteiger partial charge on any atom is -0.333 e. The first-order valence-corrected chi connectivity index (χ1v) is 6.51. The lowest BCUT2D eigenvalue weighted by molar-refractivity contribution is -0.131. The normalized spacial score (nSPS) is 22.1. The van der Waals surface area contributed by atoms with E-state index >= 15 is 0 Å². The van der Waals surface area contributed by atoms with E-state index in [1.54, 1.807) is 18.2 Å². The van der Waals surface area contributed by atoms with Gasteiger partial charge in [-0.2, -0.15) is 0 Å². The lowest BCUT2D eigenvalue weighted by Gasteiger charge is -2.41. The van der Waals surface area contributed by atoms with E-state index in [2.05, 4.69) is 38.8 Å². The van der Waals surface area contributed by atoms with Crippen LogP contribution in [0.1, 0.15) is 20.8 Å². The molecule has 0 N–H and O–H groups in total. The maximum atomic E-state index is 12.3. The third kappa shape index (κ3) is 3.33. The molecule has 1 rings (SSSR count). The van der Waals surface area contributed by atoms with E-state index in [4.69, 9.17) is 0 Å². The van der Waals surface area contributed by atoms with E-state index in [-0.39, 0.29) is 11.9 Å². The Morgan fingerprint density at radius 1 is 1.33 bits per heavy atom. The summed E-state index contributed by atoms with van der Waals surface area (Å²) in [6.45, 7) is 16.4. The van der Waals surface area contributed by atoms with Crippen molar-refractivity contribution in [3.05, 3.63) is 37.0 Å². The smallest absolute Gasteiger partial charge is 0.254 e. The van der Waals surface area contributed by atoms with Crippen molar-refractivity contribution < 1.29 is 4.79 Å². The molecule has 1 amide bonds. The third-order valence-corrected chi connectivity index (χ3v) is 3.41. The minimum atomic E-state index is 0.0563. The maximum absolute atomic E-state index is 12.3. The molecule has 1 aliphatic rings. The number of piperazine rings is 1. The zero-order valence-corrected chi connectivity index (χ0v) is 11.7. The molecule has 0 aromatic heterocycles. The van der Waals surface area contributed by atoms with Gasteiger partial charge in [0, 0.05) is 37.3 Å². The highest BCUT2D eigenvalue weighted by molar-refractivity contribution is 5.96. The first-order valence-electron chi connectivity index (χ1n) is 6.51. The molecule has 1 fully saturated rings. The SMILES string of the molecule is C=C/C=C(\C=C)C(=O)N1CCN(C(C)C)CC1C. The Hall–Kier alpha value is -1.35. The van der Waals surface area contributed by atoms with Crippen LogP contribution in [0.25, 0.3) is 0 Å². The molecule has 0 bridgehead atoms. The number of amides is 1. The van der Waals surface area contributed by atoms with Crippen LogP contribution in [0, 0.1) is 0 Å². The predicted molar refractivity (Wildman–Crippen MR) is 76.4 cm³/mol. The summed E-state index contributed by atoms with van der Waals surface area (Å²) in [5, 5.41) is 0. The van der Waals surface area contributed by atoms with Gasteiger partial charge in [0.15, 0.2) is 0 Å². The largest absolute Gasteiger partial charge is 0.333 e. The van der Waals surface area contributed by atoms with Crippen molar-refractivity contribution in [1.29, 1.82) is 0 Å². The second-order valence-corrected chi connectivity index (χ2v) is 5.00. The molecule has 0 aromatic rings. The summed E-state index contributed by atoms with van der Waals surface area (Å²) < 4.78 is 0. The van der Waals surface area contributed by atoms with Crippen LogP contribution in [0.3, 0.4) is 0 Å². The molecule has 1 atom stereocenters. The second-order valence-electron chi connectivity index (χ2n) is 5.00. The van der Waals surface area contributed by atoms with Gasteiger partial charge in [0.1, 0.15) is 0 Å². The molecule has 1 heterocycles. The van der Waals surface area contributed by atoms with E-state index in [0.29, 0.717) is 11.6 Å². The predicted octanol–water partition coefficient (Wildman–Crippen LogP) is 2.23. The Bertz CT molecular complexity index is 358. The summed E-state index contributed by atoms with van der Waals surface area (Å²) in [4.78, 5) is 16.7. The molecular weight excluding hydrogens is 224 g/mol. The zero-order valence-electron chi connectivity index (χ0n) is 11.7. The van der Waals surface area contributed by atoms with Crippen molar-refractivity contribution in [2.45, 2.75) is 32.9 Å². The van der Waals surface area contributed by atoms with Crippen molar-refractivity contribution in [1.82, 2.24) is 9.80 Å². The zero-order chi connectivity index (χ0) is 13.7. The van der Waals surface area contributed by atoms with Crippen LogP contribution >= 0.6 is 0 Å². The molecule has 0 radical (unpaired) electrons. The molecule has 1 saturated heterocycles. The maximum Gasteiger partial charge on any atom is 0.254 e. The quantitative estimate of drug-likeness (QED) is 0.562. The molecule has 0 spiro atoms. The van der Waals surface area contributed by atoms with Crippen LogP contribution in [0.15, 0.2) is 37.0 Å². The van der Waals surface area contributed by atoms with Gasteiger partial charge in [0.2, 0.25) is 0 Å². The molecule has 1 aliphatic heterocycles. The van der Waals surface area contributed by atoms with Crippen LogP contribution in [-0.4, -0.2) is 47.4 Å². The highest BCUT2D eigenvalue weighted by Gasteiger charge is 2.28. The summed E-state index contributed by atoms with van der Waals surface area (Å²) in [6, 6.07) is 0.772. The summed E-state index contributed by atoms with van der Waals surface area (Å²) in [7, 11) is 0. The lowest BCUT2D eigenvalue weighted by atomic mass is 10.1. The summed E-state index contributed by atoms with van der Waals surface area (Å²) >= 11 is 0. The number of hydrogen-bond donors (Lipinski definition) is 0. The van der Waals surface area contributed by atoms with Crippen LogP contribution in [-0.2, 0) is 4.79 Å². The molecule has 100 valence electrons. The number of nitrogens with zero attached hydrogens (tertiary/aromatic N) is 2. The average Bonchev–Trinajstić information content (AvgIpc) is 2.34. The standard InChI is InChI=1S/C15H24N2O/c1-6-8-14(7-2)15(18)17-10-9-16(12(3)4)11-13(17)5/h6-8,12-13H,1-2,9-11H2,3-5H3/b14-8+. The van der Waals surface area contributed by atoms with Crippen LogP contribution in [0.5, 0.6) is 0 Å². The Labute approximate surface area is 110 Å². The summed E-state index contributed by atoms with van der Waals surface area (Å²) in [6.07, 6.45) is 4.95. The van der Waals surface area contributed by atoms with E-state index in [0.717, 1.165) is 19.6 Å². The first-order chi connectivity index (χ1) is 8.51. The van der Waals surface area contributed by atoms with Crippen molar-refractivity contribution >= 4 is 5.91 Å². The molecule has 0 saturated carbocycles. The van der Waals surface area contributed by atoms with Crippen LogP contribution in [0.2, 0.25) is 0 Å². The fraction of sp³-hybridized carbons (Fsp3) is 0.533. The van der Waals surface area contributed by atoms with Gasteiger partial charge in [0.25, 0.3) is 5.91 Å². The Balaban J connectivity index is 2.74. The van der Waals surface area contributed by atoms with Gasteiger partial charge in [-0.05, 0) is 20.8 Å². The van der Waals surface area contributed by atoms with E-state index in [1.807, 2.05) is 4.90 Å². The lowest BCUT2D eigenvalue weighted by Crippen LogP contribution is -2.55. The van der Waals surface area contributed by atoms with Crippen molar-refractivity contribution in [2.75, 3.05) is 19.6 Å². The van der Waals surface area contributed by atoms with Gasteiger partial charge in [-0.15, -0.1) is 0 Å². The van der Waals surface area contributed by atoms with Crippen molar-refractivity contribution in [3.63, 3.8) is 0 Å². The summed E-state index contributed by atoms with van der Waals surface area (Å²) in [5.74, 6) is 0.0563. The topological polar surface area (TPSA) is 23.6 Å². The van der Waals surface area contributed by atoms with E-state index in [1.165, 1.54) is 0 Å². The molecule has 3 nitrogen and oxygen atoms in total. The highest BCUT2D eigenvalue weighted by atomic mass is 16.2. The van der Waals surface area contributed by atoms with Gasteiger partial charge < -0.3 is 4.90 Å². The number of allylic oxidation sites excluding steroid dienone is 2. The first kappa shape index (κ1) is 14.7. The van der Waals surface area contributed by atoms with Gasteiger partial charge in [0.05, 0.1) is 0 Å². The highest BCUT2D eigenvalue weighted by Crippen LogP contribution is 2.15. The third-order valence-electron chi connectivity index (χ3n) is 3.41. The van der Waals surface area contributed by atoms with Crippen LogP contribution in [0.4, 0.5) is 0 Å². The molecule has 18 heavy (non-hydrogen) atoms. The van der Waals surface area contributed by atoms with Crippen LogP contribution < -0.4 is 0 Å². The fourth-order valence-corrected chi connectivity index (χ4v) is 2.28. The van der Waals surface area contributed by atoms with Crippen molar-refractivity contribution in [2.24, 2.45) is 0 Å². The Morgan fingerprint density at radius 3 is 2.44 bits per heavy atom. The van der Waals surface area contributed by atoms with Gasteiger partial charge in [-0.1, -0.05) is 31.4 Å². The second kappa shape index (κ2) is 6.55. The minimum absolute atomic E-state index is 0.0563. The number of hydrogen-bond acceptors (Lipinski definition) is 2. The average molecular weight is 248 g/mol. The number of rotatable bonds is 4. The van der Waals surface area contributed by atoms with Gasteiger partial charge in [-0.3, -0.25) is 9.69 Å². The molecule has 1 unspecified atom stereocenters. The molecule has 0 aliphatic carbocycles. The van der Waals surface area contributed by atoms with Gasteiger partial charge in [-0.25, -0.2) is 0 Å². The fourth-order valence-electron chi connectivity index (χ4n) is 2.28. The Kier molecular flexibility index (Phi) is 5.35. The molecule has 3 heteroatoms. The Morgan fingerprint density at radius 2 is 2.00 bits per heavy atom. The van der Waals surface area contributed by atoms with E-state index < -0.39 is 0 Å². The van der Waals surface area contributed by atoms with Gasteiger partial charge >= 0.3 is 0 Å². The van der Waals surface area contributed by atoms with E-state index in [9.17, 15) is 4.79 Å². The molecular formula is C15H24N2O. The monoisotopic (exact) mass is 248 g/mol. The summed E-state index contributed by atoms with van der Waals surface area (Å²) in [5.41, 5.74) is 0.620. The molecule has 0 aromatic carbocycles. The van der Waals surface area contributed by atoms with Crippen molar-refractivity contribution in [3.8, 4) is 0 Å². The number of carbonyl (C=O) groups is 1.